The highest BCUT2D eigenvalue weighted by molar-refractivity contribution is 5.81. The fourth-order valence-corrected chi connectivity index (χ4v) is 6.46. The summed E-state index contributed by atoms with van der Waals surface area (Å²) in [4.78, 5) is 4.50. The van der Waals surface area contributed by atoms with Crippen molar-refractivity contribution in [3.05, 3.63) is 90.6 Å². The normalized spacial score (nSPS) is 30.9. The maximum Gasteiger partial charge on any atom is 0.116 e. The molecule has 3 nitrogen and oxygen atoms in total. The molecule has 3 aromatic rings. The van der Waals surface area contributed by atoms with E-state index in [2.05, 4.69) is 79.2 Å². The number of benzene rings is 2. The van der Waals surface area contributed by atoms with Crippen LogP contribution in [0.2, 0.25) is 0 Å². The van der Waals surface area contributed by atoms with Crippen LogP contribution in [0.5, 0.6) is 0 Å². The second-order valence-corrected chi connectivity index (χ2v) is 10.0. The lowest BCUT2D eigenvalue weighted by Gasteiger charge is -2.61. The molecule has 3 saturated heterocycles. The van der Waals surface area contributed by atoms with Crippen LogP contribution in [0.3, 0.4) is 0 Å². The molecule has 6 rings (SSSR count). The van der Waals surface area contributed by atoms with E-state index >= 15 is 0 Å². The molecule has 3 heteroatoms. The van der Waals surface area contributed by atoms with Crippen LogP contribution in [0.25, 0.3) is 10.9 Å². The van der Waals surface area contributed by atoms with E-state index in [0.29, 0.717) is 12.3 Å². The van der Waals surface area contributed by atoms with Gasteiger partial charge in [-0.15, -0.1) is 6.58 Å². The van der Waals surface area contributed by atoms with Crippen LogP contribution in [0.4, 0.5) is 0 Å². The highest BCUT2D eigenvalue weighted by Gasteiger charge is 2.57. The number of piperidine rings is 3. The Morgan fingerprint density at radius 2 is 1.94 bits per heavy atom. The van der Waals surface area contributed by atoms with Gasteiger partial charge in [0.25, 0.3) is 0 Å². The van der Waals surface area contributed by atoms with E-state index in [4.69, 9.17) is 0 Å². The van der Waals surface area contributed by atoms with Crippen molar-refractivity contribution in [2.75, 3.05) is 13.1 Å². The van der Waals surface area contributed by atoms with Crippen LogP contribution in [-0.2, 0) is 13.0 Å². The van der Waals surface area contributed by atoms with Crippen molar-refractivity contribution in [3.63, 3.8) is 0 Å². The Hall–Kier alpha value is -2.49. The van der Waals surface area contributed by atoms with Crippen molar-refractivity contribution in [2.24, 2.45) is 11.3 Å². The minimum absolute atomic E-state index is 0.145. The van der Waals surface area contributed by atoms with Gasteiger partial charge >= 0.3 is 0 Å². The monoisotopic (exact) mass is 413 g/mol. The van der Waals surface area contributed by atoms with E-state index in [1.807, 2.05) is 12.3 Å². The van der Waals surface area contributed by atoms with Gasteiger partial charge in [-0.3, -0.25) is 4.98 Å². The van der Waals surface area contributed by atoms with Gasteiger partial charge in [0.1, 0.15) is 18.7 Å². The van der Waals surface area contributed by atoms with E-state index in [9.17, 15) is 5.11 Å². The van der Waals surface area contributed by atoms with Gasteiger partial charge in [0.2, 0.25) is 0 Å². The Bertz CT molecular complexity index is 1080. The summed E-state index contributed by atoms with van der Waals surface area (Å²) in [5, 5.41) is 12.8. The summed E-state index contributed by atoms with van der Waals surface area (Å²) in [6.07, 6.45) is 6.66. The molecular formula is C28H33N2O+. The molecule has 1 N–H and O–H groups in total. The Kier molecular flexibility index (Phi) is 5.19. The molecule has 1 aromatic heterocycles. The molecule has 5 unspecified atom stereocenters. The van der Waals surface area contributed by atoms with Gasteiger partial charge in [-0.05, 0) is 23.6 Å². The number of nitrogens with zero attached hydrogens (tertiary/aromatic N) is 2. The molecule has 0 spiro atoms. The Labute approximate surface area is 185 Å². The van der Waals surface area contributed by atoms with Gasteiger partial charge < -0.3 is 9.59 Å². The standard InChI is InChI=1S/C28H33N2O/c1-3-28(2)20-30(19-21-9-5-4-6-10-21)16-14-23(28)18-26(30)27(31)17-22-13-15-29-25-12-8-7-11-24(22)25/h3-13,15,23,26-27,31H,1,14,16-20H2,2H3/q+1. The molecule has 0 saturated carbocycles. The first-order chi connectivity index (χ1) is 15.0. The largest absolute Gasteiger partial charge is 0.387 e. The number of aliphatic hydroxyl groups is 1. The van der Waals surface area contributed by atoms with Gasteiger partial charge in [0, 0.05) is 41.8 Å². The van der Waals surface area contributed by atoms with Crippen LogP contribution >= 0.6 is 0 Å². The van der Waals surface area contributed by atoms with Crippen LogP contribution < -0.4 is 0 Å². The third-order valence-corrected chi connectivity index (χ3v) is 8.16. The summed E-state index contributed by atoms with van der Waals surface area (Å²) >= 11 is 0. The summed E-state index contributed by atoms with van der Waals surface area (Å²) in [6, 6.07) is 21.4. The maximum absolute atomic E-state index is 11.6. The molecule has 31 heavy (non-hydrogen) atoms. The molecule has 3 aliphatic heterocycles. The molecule has 3 fully saturated rings. The Morgan fingerprint density at radius 3 is 2.74 bits per heavy atom. The van der Waals surface area contributed by atoms with Gasteiger partial charge in [0.15, 0.2) is 0 Å². The van der Waals surface area contributed by atoms with Gasteiger partial charge in [-0.2, -0.15) is 0 Å². The SMILES string of the molecule is C=CC1(C)C[N+]2(Cc3ccccc3)CCC1CC2C(O)Cc1ccnc2ccccc12. The second-order valence-electron chi connectivity index (χ2n) is 10.0. The summed E-state index contributed by atoms with van der Waals surface area (Å²) in [7, 11) is 0. The molecule has 0 amide bonds. The first-order valence-corrected chi connectivity index (χ1v) is 11.6. The molecule has 0 aliphatic carbocycles. The smallest absolute Gasteiger partial charge is 0.116 e. The van der Waals surface area contributed by atoms with Crippen LogP contribution in [0.15, 0.2) is 79.5 Å². The Balaban J connectivity index is 1.48. The third-order valence-electron chi connectivity index (χ3n) is 8.16. The molecule has 0 radical (unpaired) electrons. The highest BCUT2D eigenvalue weighted by atomic mass is 16.3. The van der Waals surface area contributed by atoms with Gasteiger partial charge in [-0.1, -0.05) is 61.5 Å². The van der Waals surface area contributed by atoms with Crippen molar-refractivity contribution < 1.29 is 9.59 Å². The van der Waals surface area contributed by atoms with E-state index in [1.54, 1.807) is 0 Å². The highest BCUT2D eigenvalue weighted by Crippen LogP contribution is 2.51. The van der Waals surface area contributed by atoms with Crippen LogP contribution in [0, 0.1) is 11.3 Å². The summed E-state index contributed by atoms with van der Waals surface area (Å²) in [6.45, 7) is 9.77. The summed E-state index contributed by atoms with van der Waals surface area (Å²) in [5.41, 5.74) is 3.71. The van der Waals surface area contributed by atoms with Crippen molar-refractivity contribution in [1.29, 1.82) is 0 Å². The molecule has 5 atom stereocenters. The second kappa shape index (κ2) is 7.89. The predicted molar refractivity (Wildman–Crippen MR) is 126 cm³/mol. The van der Waals surface area contributed by atoms with E-state index in [-0.39, 0.29) is 17.6 Å². The number of hydrogen-bond donors (Lipinski definition) is 1. The zero-order valence-electron chi connectivity index (χ0n) is 18.5. The van der Waals surface area contributed by atoms with Crippen molar-refractivity contribution in [2.45, 2.75) is 44.9 Å². The molecule has 160 valence electrons. The molecule has 3 aliphatic rings. The quantitative estimate of drug-likeness (QED) is 0.448. The number of para-hydroxylation sites is 1. The lowest BCUT2D eigenvalue weighted by atomic mass is 9.63. The number of rotatable bonds is 6. The number of pyridine rings is 1. The molecule has 2 bridgehead atoms. The average molecular weight is 414 g/mol. The number of hydrogen-bond acceptors (Lipinski definition) is 2. The average Bonchev–Trinajstić information content (AvgIpc) is 2.80. The minimum Gasteiger partial charge on any atom is -0.387 e. The fraction of sp³-hybridized carbons (Fsp3) is 0.393. The minimum atomic E-state index is -0.369. The molecule has 2 aromatic carbocycles. The first kappa shape index (κ1) is 20.4. The topological polar surface area (TPSA) is 33.1 Å². The predicted octanol–water partition coefficient (Wildman–Crippen LogP) is 5.14. The first-order valence-electron chi connectivity index (χ1n) is 11.6. The van der Waals surface area contributed by atoms with Crippen LogP contribution in [0.1, 0.15) is 30.9 Å². The maximum atomic E-state index is 11.6. The van der Waals surface area contributed by atoms with Crippen LogP contribution in [-0.4, -0.2) is 39.8 Å². The summed E-state index contributed by atoms with van der Waals surface area (Å²) in [5.74, 6) is 0.606. The number of quaternary nitrogens is 1. The molecule has 4 heterocycles. The number of aliphatic hydroxyl groups excluding tert-OH is 1. The summed E-state index contributed by atoms with van der Waals surface area (Å²) < 4.78 is 0.965. The third kappa shape index (κ3) is 3.60. The fourth-order valence-electron chi connectivity index (χ4n) is 6.46. The van der Waals surface area contributed by atoms with Crippen molar-refractivity contribution >= 4 is 10.9 Å². The zero-order chi connectivity index (χ0) is 21.5. The van der Waals surface area contributed by atoms with E-state index in [1.165, 1.54) is 17.5 Å². The van der Waals surface area contributed by atoms with E-state index in [0.717, 1.165) is 41.4 Å². The lowest BCUT2D eigenvalue weighted by molar-refractivity contribution is -0.987. The molecular weight excluding hydrogens is 380 g/mol. The van der Waals surface area contributed by atoms with Gasteiger partial charge in [0.05, 0.1) is 18.6 Å². The van der Waals surface area contributed by atoms with Gasteiger partial charge in [-0.25, -0.2) is 0 Å². The van der Waals surface area contributed by atoms with Crippen molar-refractivity contribution in [1.82, 2.24) is 4.98 Å². The van der Waals surface area contributed by atoms with Crippen molar-refractivity contribution in [3.8, 4) is 0 Å². The van der Waals surface area contributed by atoms with E-state index < -0.39 is 0 Å². The Morgan fingerprint density at radius 1 is 1.16 bits per heavy atom. The lowest BCUT2D eigenvalue weighted by Crippen LogP contribution is -2.71. The number of aromatic nitrogens is 1. The number of fused-ring (bicyclic) bond motifs is 4. The zero-order valence-corrected chi connectivity index (χ0v) is 18.5.